The number of aromatic nitrogens is 2. The minimum absolute atomic E-state index is 0.317. The van der Waals surface area contributed by atoms with Crippen molar-refractivity contribution in [3.63, 3.8) is 0 Å². The van der Waals surface area contributed by atoms with E-state index in [1.54, 1.807) is 17.8 Å². The van der Waals surface area contributed by atoms with Gasteiger partial charge in [-0.1, -0.05) is 13.8 Å². The summed E-state index contributed by atoms with van der Waals surface area (Å²) in [5.74, 6) is 0.270. The number of esters is 1. The first kappa shape index (κ1) is 11.2. The highest BCUT2D eigenvalue weighted by atomic mass is 79.9. The van der Waals surface area contributed by atoms with Crippen LogP contribution in [0.1, 0.15) is 24.5 Å². The molecule has 0 aliphatic rings. The maximum atomic E-state index is 11.5. The first-order valence-corrected chi connectivity index (χ1v) is 5.16. The SMILES string of the molecule is CC(C)COC(=O)c1ncc(Br)n1C. The first-order chi connectivity index (χ1) is 6.52. The van der Waals surface area contributed by atoms with E-state index in [1.807, 2.05) is 13.8 Å². The number of hydrogen-bond donors (Lipinski definition) is 0. The Morgan fingerprint density at radius 3 is 2.79 bits per heavy atom. The van der Waals surface area contributed by atoms with Gasteiger partial charge in [0.25, 0.3) is 0 Å². The topological polar surface area (TPSA) is 44.1 Å². The zero-order valence-corrected chi connectivity index (χ0v) is 10.0. The van der Waals surface area contributed by atoms with Crippen molar-refractivity contribution in [2.75, 3.05) is 6.61 Å². The van der Waals surface area contributed by atoms with Crippen molar-refractivity contribution >= 4 is 21.9 Å². The summed E-state index contributed by atoms with van der Waals surface area (Å²) in [5, 5.41) is 0. The molecule has 0 aliphatic heterocycles. The van der Waals surface area contributed by atoms with Crippen LogP contribution in [0.4, 0.5) is 0 Å². The number of nitrogens with zero attached hydrogens (tertiary/aromatic N) is 2. The smallest absolute Gasteiger partial charge is 0.374 e. The summed E-state index contributed by atoms with van der Waals surface area (Å²) in [5.41, 5.74) is 0. The third kappa shape index (κ3) is 2.57. The van der Waals surface area contributed by atoms with Crippen molar-refractivity contribution in [2.24, 2.45) is 13.0 Å². The Morgan fingerprint density at radius 2 is 2.36 bits per heavy atom. The Labute approximate surface area is 91.4 Å². The molecule has 14 heavy (non-hydrogen) atoms. The lowest BCUT2D eigenvalue weighted by Gasteiger charge is -2.06. The minimum Gasteiger partial charge on any atom is -0.460 e. The number of rotatable bonds is 3. The maximum absolute atomic E-state index is 11.5. The van der Waals surface area contributed by atoms with E-state index in [1.165, 1.54) is 0 Å². The molecular formula is C9H13BrN2O2. The Bertz CT molecular complexity index is 334. The van der Waals surface area contributed by atoms with Crippen molar-refractivity contribution in [1.29, 1.82) is 0 Å². The van der Waals surface area contributed by atoms with Crippen LogP contribution >= 0.6 is 15.9 Å². The zero-order valence-electron chi connectivity index (χ0n) is 8.45. The Morgan fingerprint density at radius 1 is 1.71 bits per heavy atom. The van der Waals surface area contributed by atoms with Gasteiger partial charge >= 0.3 is 5.97 Å². The number of halogens is 1. The lowest BCUT2D eigenvalue weighted by Crippen LogP contribution is -2.14. The summed E-state index contributed by atoms with van der Waals surface area (Å²) < 4.78 is 7.44. The van der Waals surface area contributed by atoms with Gasteiger partial charge in [0.15, 0.2) is 0 Å². The van der Waals surface area contributed by atoms with Crippen LogP contribution in [0.15, 0.2) is 10.8 Å². The van der Waals surface area contributed by atoms with Gasteiger partial charge in [0, 0.05) is 7.05 Å². The number of carbonyl (C=O) groups is 1. The van der Waals surface area contributed by atoms with E-state index in [4.69, 9.17) is 4.74 Å². The highest BCUT2D eigenvalue weighted by Crippen LogP contribution is 2.11. The molecule has 4 nitrogen and oxygen atoms in total. The molecule has 78 valence electrons. The highest BCUT2D eigenvalue weighted by molar-refractivity contribution is 9.10. The predicted molar refractivity (Wildman–Crippen MR) is 56.0 cm³/mol. The second kappa shape index (κ2) is 4.59. The number of imidazole rings is 1. The van der Waals surface area contributed by atoms with Crippen LogP contribution in [-0.2, 0) is 11.8 Å². The standard InChI is InChI=1S/C9H13BrN2O2/c1-6(2)5-14-9(13)8-11-4-7(10)12(8)3/h4,6H,5H2,1-3H3. The van der Waals surface area contributed by atoms with E-state index in [0.29, 0.717) is 18.3 Å². The van der Waals surface area contributed by atoms with Crippen LogP contribution in [0.5, 0.6) is 0 Å². The van der Waals surface area contributed by atoms with E-state index < -0.39 is 0 Å². The van der Waals surface area contributed by atoms with Gasteiger partial charge in [-0.05, 0) is 21.8 Å². The van der Waals surface area contributed by atoms with Crippen LogP contribution in [0.3, 0.4) is 0 Å². The molecule has 0 saturated heterocycles. The van der Waals surface area contributed by atoms with Gasteiger partial charge in [-0.25, -0.2) is 9.78 Å². The number of ether oxygens (including phenoxy) is 1. The molecule has 0 spiro atoms. The van der Waals surface area contributed by atoms with Gasteiger partial charge in [0.2, 0.25) is 5.82 Å². The lowest BCUT2D eigenvalue weighted by molar-refractivity contribution is 0.0440. The van der Waals surface area contributed by atoms with E-state index in [2.05, 4.69) is 20.9 Å². The predicted octanol–water partition coefficient (Wildman–Crippen LogP) is 2.00. The van der Waals surface area contributed by atoms with Gasteiger partial charge < -0.3 is 9.30 Å². The molecule has 5 heteroatoms. The quantitative estimate of drug-likeness (QED) is 0.781. The van der Waals surface area contributed by atoms with Crippen molar-refractivity contribution < 1.29 is 9.53 Å². The molecule has 1 aromatic heterocycles. The van der Waals surface area contributed by atoms with Crippen LogP contribution in [-0.4, -0.2) is 22.1 Å². The van der Waals surface area contributed by atoms with Crippen molar-refractivity contribution in [3.8, 4) is 0 Å². The lowest BCUT2D eigenvalue weighted by atomic mass is 10.2. The summed E-state index contributed by atoms with van der Waals surface area (Å²) in [6, 6.07) is 0. The second-order valence-corrected chi connectivity index (χ2v) is 4.27. The van der Waals surface area contributed by atoms with Crippen molar-refractivity contribution in [1.82, 2.24) is 9.55 Å². The molecule has 0 unspecified atom stereocenters. The summed E-state index contributed by atoms with van der Waals surface area (Å²) in [7, 11) is 1.75. The van der Waals surface area contributed by atoms with Gasteiger partial charge in [-0.15, -0.1) is 0 Å². The molecule has 0 N–H and O–H groups in total. The molecule has 0 radical (unpaired) electrons. The van der Waals surface area contributed by atoms with Gasteiger partial charge in [0.05, 0.1) is 12.8 Å². The second-order valence-electron chi connectivity index (χ2n) is 3.46. The fourth-order valence-corrected chi connectivity index (χ4v) is 1.16. The average Bonchev–Trinajstić information content (AvgIpc) is 2.44. The summed E-state index contributed by atoms with van der Waals surface area (Å²) in [4.78, 5) is 15.4. The molecule has 0 aliphatic carbocycles. The van der Waals surface area contributed by atoms with Gasteiger partial charge in [-0.3, -0.25) is 0 Å². The summed E-state index contributed by atoms with van der Waals surface area (Å²) >= 11 is 3.26. The highest BCUT2D eigenvalue weighted by Gasteiger charge is 2.15. The van der Waals surface area contributed by atoms with Crippen LogP contribution < -0.4 is 0 Å². The molecule has 0 atom stereocenters. The molecular weight excluding hydrogens is 248 g/mol. The largest absolute Gasteiger partial charge is 0.460 e. The van der Waals surface area contributed by atoms with E-state index in [0.717, 1.165) is 4.60 Å². The molecule has 1 rings (SSSR count). The molecule has 0 fully saturated rings. The third-order valence-corrected chi connectivity index (χ3v) is 2.40. The minimum atomic E-state index is -0.382. The normalized spacial score (nSPS) is 10.6. The fourth-order valence-electron chi connectivity index (χ4n) is 0.885. The Balaban J connectivity index is 2.66. The number of carbonyl (C=O) groups excluding carboxylic acids is 1. The van der Waals surface area contributed by atoms with Crippen molar-refractivity contribution in [3.05, 3.63) is 16.6 Å². The molecule has 0 saturated carbocycles. The van der Waals surface area contributed by atoms with E-state index in [-0.39, 0.29) is 5.97 Å². The number of hydrogen-bond acceptors (Lipinski definition) is 3. The molecule has 0 bridgehead atoms. The third-order valence-electron chi connectivity index (χ3n) is 1.66. The van der Waals surface area contributed by atoms with Crippen LogP contribution in [0.2, 0.25) is 0 Å². The van der Waals surface area contributed by atoms with Gasteiger partial charge in [0.1, 0.15) is 4.60 Å². The van der Waals surface area contributed by atoms with Gasteiger partial charge in [-0.2, -0.15) is 0 Å². The summed E-state index contributed by atoms with van der Waals surface area (Å²) in [6.07, 6.45) is 1.58. The van der Waals surface area contributed by atoms with Crippen LogP contribution in [0, 0.1) is 5.92 Å². The Hall–Kier alpha value is -0.840. The fraction of sp³-hybridized carbons (Fsp3) is 0.556. The van der Waals surface area contributed by atoms with E-state index in [9.17, 15) is 4.79 Å². The molecule has 1 aromatic rings. The zero-order chi connectivity index (χ0) is 10.7. The molecule has 1 heterocycles. The Kier molecular flexibility index (Phi) is 3.69. The molecule has 0 amide bonds. The molecule has 0 aromatic carbocycles. The monoisotopic (exact) mass is 260 g/mol. The van der Waals surface area contributed by atoms with Crippen molar-refractivity contribution in [2.45, 2.75) is 13.8 Å². The maximum Gasteiger partial charge on any atom is 0.374 e. The van der Waals surface area contributed by atoms with Crippen LogP contribution in [0.25, 0.3) is 0 Å². The first-order valence-electron chi connectivity index (χ1n) is 4.36. The summed E-state index contributed by atoms with van der Waals surface area (Å²) in [6.45, 7) is 4.40. The van der Waals surface area contributed by atoms with E-state index >= 15 is 0 Å². The average molecular weight is 261 g/mol.